The van der Waals surface area contributed by atoms with E-state index in [0.29, 0.717) is 29.1 Å². The molecule has 0 spiro atoms. The van der Waals surface area contributed by atoms with E-state index in [2.05, 4.69) is 0 Å². The summed E-state index contributed by atoms with van der Waals surface area (Å²) in [6, 6.07) is 12.8. The molecular formula is C25H29Cl2NO6S2. The summed E-state index contributed by atoms with van der Waals surface area (Å²) in [6.45, 7) is 4.34. The summed E-state index contributed by atoms with van der Waals surface area (Å²) < 4.78 is 36.4. The van der Waals surface area contributed by atoms with Gasteiger partial charge in [-0.05, 0) is 60.4 Å². The average molecular weight is 575 g/mol. The Morgan fingerprint density at radius 3 is 2.47 bits per heavy atom. The molecule has 1 fully saturated rings. The third-order valence-electron chi connectivity index (χ3n) is 5.61. The first kappa shape index (κ1) is 30.2. The van der Waals surface area contributed by atoms with E-state index in [0.717, 1.165) is 16.4 Å². The molecule has 2 atom stereocenters. The van der Waals surface area contributed by atoms with Gasteiger partial charge in [-0.1, -0.05) is 47.5 Å². The Morgan fingerprint density at radius 2 is 1.86 bits per heavy atom. The van der Waals surface area contributed by atoms with Crippen molar-refractivity contribution in [1.82, 2.24) is 4.90 Å². The van der Waals surface area contributed by atoms with Crippen molar-refractivity contribution in [3.8, 4) is 0 Å². The van der Waals surface area contributed by atoms with Crippen molar-refractivity contribution in [2.75, 3.05) is 26.8 Å². The molecule has 0 N–H and O–H groups in total. The summed E-state index contributed by atoms with van der Waals surface area (Å²) in [4.78, 5) is 27.2. The number of carbonyl (C=O) groups excluding carboxylic acids is 2. The third-order valence-corrected chi connectivity index (χ3v) is 9.86. The average Bonchev–Trinajstić information content (AvgIpc) is 2.82. The zero-order valence-corrected chi connectivity index (χ0v) is 23.4. The summed E-state index contributed by atoms with van der Waals surface area (Å²) in [5.41, 5.74) is 2.09. The molecule has 11 heteroatoms. The summed E-state index contributed by atoms with van der Waals surface area (Å²) in [7, 11) is -1.57. The zero-order valence-electron chi connectivity index (χ0n) is 20.2. The molecule has 3 rings (SSSR count). The van der Waals surface area contributed by atoms with Crippen molar-refractivity contribution in [3.63, 3.8) is 0 Å². The van der Waals surface area contributed by atoms with Gasteiger partial charge in [-0.3, -0.25) is 4.90 Å². The van der Waals surface area contributed by atoms with Crippen LogP contribution in [-0.2, 0) is 27.9 Å². The number of rotatable bonds is 8. The van der Waals surface area contributed by atoms with Gasteiger partial charge in [0, 0.05) is 29.4 Å². The number of benzene rings is 2. The number of carbonyl (C=O) groups is 2. The molecule has 1 aliphatic rings. The van der Waals surface area contributed by atoms with Crippen LogP contribution in [0.1, 0.15) is 30.5 Å². The Morgan fingerprint density at radius 1 is 1.19 bits per heavy atom. The van der Waals surface area contributed by atoms with Crippen LogP contribution in [0.3, 0.4) is 0 Å². The Kier molecular flexibility index (Phi) is 11.3. The van der Waals surface area contributed by atoms with E-state index >= 15 is 0 Å². The molecule has 0 aromatic heterocycles. The standard InChI is InChI=1S/C25H28ClNO6S2.ClH/c1-4-33-23(28)15-18-16-27(24(25(29)32-3)20-7-5-6-8-21(20)26)14-13-22(18)34-35(30,31)19-11-9-17(2)10-12-19;/h5-12,15,22,24H,4,13-14,16H2,1-3H3;1H. The number of ether oxygens (including phenoxy) is 2. The van der Waals surface area contributed by atoms with Gasteiger partial charge in [0.25, 0.3) is 0 Å². The van der Waals surface area contributed by atoms with Crippen LogP contribution in [-0.4, -0.2) is 57.3 Å². The van der Waals surface area contributed by atoms with Crippen LogP contribution in [0, 0.1) is 6.92 Å². The molecule has 0 bridgehead atoms. The number of hydrogen-bond acceptors (Lipinski definition) is 8. The van der Waals surface area contributed by atoms with Crippen molar-refractivity contribution >= 4 is 55.6 Å². The minimum Gasteiger partial charge on any atom is -0.468 e. The van der Waals surface area contributed by atoms with E-state index < -0.39 is 32.1 Å². The fourth-order valence-electron chi connectivity index (χ4n) is 3.88. The second-order valence-electron chi connectivity index (χ2n) is 8.03. The molecule has 0 radical (unpaired) electrons. The van der Waals surface area contributed by atoms with Crippen LogP contribution in [0.25, 0.3) is 0 Å². The molecule has 0 amide bonds. The largest absolute Gasteiger partial charge is 0.468 e. The summed E-state index contributed by atoms with van der Waals surface area (Å²) in [6.07, 6.45) is 1.72. The first-order chi connectivity index (χ1) is 16.7. The Labute approximate surface area is 226 Å². The molecule has 2 aromatic carbocycles. The fourth-order valence-corrected chi connectivity index (χ4v) is 7.72. The first-order valence-corrected chi connectivity index (χ1v) is 14.4. The topological polar surface area (TPSA) is 90.0 Å². The van der Waals surface area contributed by atoms with Gasteiger partial charge >= 0.3 is 11.9 Å². The summed E-state index contributed by atoms with van der Waals surface area (Å²) in [5, 5.41) is -0.0798. The van der Waals surface area contributed by atoms with Gasteiger partial charge in [-0.2, -0.15) is 0 Å². The third kappa shape index (κ3) is 7.49. The lowest BCUT2D eigenvalue weighted by Gasteiger charge is -2.37. The van der Waals surface area contributed by atoms with Gasteiger partial charge in [0.1, 0.15) is 6.04 Å². The van der Waals surface area contributed by atoms with Crippen molar-refractivity contribution in [2.24, 2.45) is 0 Å². The van der Waals surface area contributed by atoms with E-state index in [1.165, 1.54) is 13.2 Å². The molecule has 36 heavy (non-hydrogen) atoms. The van der Waals surface area contributed by atoms with Gasteiger partial charge in [0.2, 0.25) is 8.87 Å². The van der Waals surface area contributed by atoms with Crippen LogP contribution in [0.15, 0.2) is 65.1 Å². The minimum absolute atomic E-state index is 0. The Balaban J connectivity index is 0.00000456. The smallest absolute Gasteiger partial charge is 0.330 e. The molecule has 2 aromatic rings. The maximum absolute atomic E-state index is 13.1. The van der Waals surface area contributed by atoms with Crippen LogP contribution < -0.4 is 0 Å². The van der Waals surface area contributed by atoms with E-state index in [1.807, 2.05) is 11.8 Å². The predicted molar refractivity (Wildman–Crippen MR) is 144 cm³/mol. The molecule has 1 aliphatic heterocycles. The van der Waals surface area contributed by atoms with Crippen molar-refractivity contribution in [2.45, 2.75) is 36.5 Å². The number of halogens is 2. The second kappa shape index (κ2) is 13.5. The van der Waals surface area contributed by atoms with E-state index in [4.69, 9.17) is 21.1 Å². The maximum Gasteiger partial charge on any atom is 0.330 e. The van der Waals surface area contributed by atoms with Gasteiger partial charge in [-0.25, -0.2) is 18.0 Å². The highest BCUT2D eigenvalue weighted by molar-refractivity contribution is 8.72. The van der Waals surface area contributed by atoms with Gasteiger partial charge in [-0.15, -0.1) is 12.4 Å². The number of aryl methyl sites for hydroxylation is 1. The van der Waals surface area contributed by atoms with Crippen molar-refractivity contribution in [1.29, 1.82) is 0 Å². The van der Waals surface area contributed by atoms with Gasteiger partial charge in [0.05, 0.1) is 18.6 Å². The molecule has 1 heterocycles. The molecule has 0 aliphatic carbocycles. The van der Waals surface area contributed by atoms with Crippen molar-refractivity contribution < 1.29 is 27.5 Å². The molecule has 1 saturated heterocycles. The number of methoxy groups -OCH3 is 1. The SMILES string of the molecule is CCOC(=O)C=C1CN(C(C(=O)OC)c2ccccc2Cl)CCC1SS(=O)(=O)c1ccc(C)cc1.Cl. The molecule has 7 nitrogen and oxygen atoms in total. The predicted octanol–water partition coefficient (Wildman–Crippen LogP) is 4.97. The van der Waals surface area contributed by atoms with E-state index in [-0.39, 0.29) is 30.5 Å². The molecule has 196 valence electrons. The highest BCUT2D eigenvalue weighted by Gasteiger charge is 2.37. The lowest BCUT2D eigenvalue weighted by atomic mass is 9.98. The number of hydrogen-bond donors (Lipinski definition) is 0. The summed E-state index contributed by atoms with van der Waals surface area (Å²) >= 11 is 6.39. The number of nitrogens with zero attached hydrogens (tertiary/aromatic N) is 1. The maximum atomic E-state index is 13.1. The van der Waals surface area contributed by atoms with Crippen LogP contribution in [0.2, 0.25) is 5.02 Å². The second-order valence-corrected chi connectivity index (χ2v) is 12.5. The quantitative estimate of drug-likeness (QED) is 0.248. The fraction of sp³-hybridized carbons (Fsp3) is 0.360. The lowest BCUT2D eigenvalue weighted by molar-refractivity contribution is -0.147. The normalized spacial score (nSPS) is 18.2. The highest BCUT2D eigenvalue weighted by atomic mass is 35.5. The van der Waals surface area contributed by atoms with Crippen molar-refractivity contribution in [3.05, 3.63) is 76.3 Å². The first-order valence-electron chi connectivity index (χ1n) is 11.1. The van der Waals surface area contributed by atoms with Gasteiger partial charge < -0.3 is 9.47 Å². The number of piperidine rings is 1. The lowest BCUT2D eigenvalue weighted by Crippen LogP contribution is -2.43. The highest BCUT2D eigenvalue weighted by Crippen LogP contribution is 2.39. The molecule has 2 unspecified atom stereocenters. The zero-order chi connectivity index (χ0) is 25.6. The van der Waals surface area contributed by atoms with Gasteiger partial charge in [0.15, 0.2) is 0 Å². The van der Waals surface area contributed by atoms with Crippen LogP contribution in [0.5, 0.6) is 0 Å². The summed E-state index contributed by atoms with van der Waals surface area (Å²) in [5.74, 6) is -1.05. The Hall–Kier alpha value is -2.04. The van der Waals surface area contributed by atoms with E-state index in [1.54, 1.807) is 55.5 Å². The number of esters is 2. The van der Waals surface area contributed by atoms with Crippen LogP contribution in [0.4, 0.5) is 0 Å². The van der Waals surface area contributed by atoms with Crippen LogP contribution >= 0.6 is 34.8 Å². The number of likely N-dealkylation sites (tertiary alicyclic amines) is 1. The minimum atomic E-state index is -3.68. The van der Waals surface area contributed by atoms with E-state index in [9.17, 15) is 18.0 Å². The molecular weight excluding hydrogens is 545 g/mol. The molecule has 0 saturated carbocycles. The Bertz CT molecular complexity index is 1200. The monoisotopic (exact) mass is 573 g/mol.